The van der Waals surface area contributed by atoms with E-state index in [9.17, 15) is 0 Å². The summed E-state index contributed by atoms with van der Waals surface area (Å²) < 4.78 is 7.66. The highest BCUT2D eigenvalue weighted by Crippen LogP contribution is 2.12. The molecule has 2 rings (SSSR count). The van der Waals surface area contributed by atoms with Gasteiger partial charge >= 0.3 is 0 Å². The molecule has 0 radical (unpaired) electrons. The van der Waals surface area contributed by atoms with Crippen LogP contribution >= 0.6 is 0 Å². The lowest BCUT2D eigenvalue weighted by molar-refractivity contribution is 0.399. The first-order chi connectivity index (χ1) is 8.70. The maximum absolute atomic E-state index is 5.50. The third-order valence-corrected chi connectivity index (χ3v) is 2.86. The number of rotatable bonds is 6. The Balaban J connectivity index is 1.92. The molecule has 0 aliphatic carbocycles. The average molecular weight is 248 g/mol. The molecule has 1 N–H and O–H groups in total. The maximum Gasteiger partial charge on any atom is 0.211 e. The number of oxazole rings is 1. The summed E-state index contributed by atoms with van der Waals surface area (Å²) in [6.07, 6.45) is 6.63. The Hall–Kier alpha value is -1.62. The van der Waals surface area contributed by atoms with Gasteiger partial charge in [-0.3, -0.25) is 0 Å². The van der Waals surface area contributed by atoms with Crippen molar-refractivity contribution in [3.05, 3.63) is 36.1 Å². The fourth-order valence-electron chi connectivity index (χ4n) is 1.85. The molecule has 0 spiro atoms. The zero-order chi connectivity index (χ0) is 13.0. The van der Waals surface area contributed by atoms with E-state index in [1.807, 2.05) is 26.4 Å². The second-order valence-electron chi connectivity index (χ2n) is 4.49. The first-order valence-electron chi connectivity index (χ1n) is 6.35. The number of nitrogens with zero attached hydrogens (tertiary/aromatic N) is 3. The van der Waals surface area contributed by atoms with Gasteiger partial charge in [0, 0.05) is 19.3 Å². The smallest absolute Gasteiger partial charge is 0.211 e. The maximum atomic E-state index is 5.50. The van der Waals surface area contributed by atoms with Crippen molar-refractivity contribution >= 4 is 0 Å². The molecule has 2 aromatic rings. The predicted octanol–water partition coefficient (Wildman–Crippen LogP) is 2.44. The molecule has 0 fully saturated rings. The van der Waals surface area contributed by atoms with Crippen molar-refractivity contribution in [2.24, 2.45) is 0 Å². The van der Waals surface area contributed by atoms with Gasteiger partial charge in [-0.05, 0) is 20.3 Å². The van der Waals surface area contributed by atoms with E-state index in [4.69, 9.17) is 4.42 Å². The van der Waals surface area contributed by atoms with E-state index in [-0.39, 0.29) is 6.04 Å². The summed E-state index contributed by atoms with van der Waals surface area (Å²) in [4.78, 5) is 8.40. The van der Waals surface area contributed by atoms with Gasteiger partial charge in [0.05, 0.1) is 24.3 Å². The van der Waals surface area contributed by atoms with Crippen LogP contribution in [0.5, 0.6) is 0 Å². The zero-order valence-electron chi connectivity index (χ0n) is 11.2. The minimum absolute atomic E-state index is 0.101. The number of aryl methyl sites for hydroxylation is 2. The summed E-state index contributed by atoms with van der Waals surface area (Å²) in [5, 5.41) is 3.40. The highest BCUT2D eigenvalue weighted by molar-refractivity contribution is 5.00. The van der Waals surface area contributed by atoms with Gasteiger partial charge in [0.25, 0.3) is 0 Å². The van der Waals surface area contributed by atoms with Crippen LogP contribution in [-0.2, 0) is 13.1 Å². The van der Waals surface area contributed by atoms with Crippen molar-refractivity contribution in [3.8, 4) is 0 Å². The Kier molecular flexibility index (Phi) is 4.15. The van der Waals surface area contributed by atoms with Gasteiger partial charge < -0.3 is 14.3 Å². The molecule has 2 aromatic heterocycles. The van der Waals surface area contributed by atoms with Crippen LogP contribution in [-0.4, -0.2) is 14.5 Å². The molecule has 0 aromatic carbocycles. The Morgan fingerprint density at radius 1 is 1.44 bits per heavy atom. The van der Waals surface area contributed by atoms with Gasteiger partial charge in [-0.2, -0.15) is 0 Å². The Labute approximate surface area is 107 Å². The van der Waals surface area contributed by atoms with Crippen LogP contribution in [0, 0.1) is 6.92 Å². The molecule has 0 amide bonds. The first kappa shape index (κ1) is 12.8. The number of hydrogen-bond acceptors (Lipinski definition) is 4. The first-order valence-corrected chi connectivity index (χ1v) is 6.35. The molecule has 98 valence electrons. The molecular formula is C13H20N4O. The highest BCUT2D eigenvalue weighted by Gasteiger charge is 2.11. The van der Waals surface area contributed by atoms with Gasteiger partial charge in [0.2, 0.25) is 5.89 Å². The normalized spacial score (nSPS) is 12.8. The van der Waals surface area contributed by atoms with Crippen LogP contribution in [0.2, 0.25) is 0 Å². The van der Waals surface area contributed by atoms with Crippen LogP contribution in [0.1, 0.15) is 43.7 Å². The molecule has 0 bridgehead atoms. The monoisotopic (exact) mass is 248 g/mol. The lowest BCUT2D eigenvalue weighted by Gasteiger charge is -2.11. The largest absolute Gasteiger partial charge is 0.444 e. The van der Waals surface area contributed by atoms with Crippen LogP contribution in [0.15, 0.2) is 23.1 Å². The Morgan fingerprint density at radius 2 is 2.28 bits per heavy atom. The lowest BCUT2D eigenvalue weighted by atomic mass is 10.3. The minimum Gasteiger partial charge on any atom is -0.444 e. The molecule has 1 unspecified atom stereocenters. The van der Waals surface area contributed by atoms with Crippen LogP contribution < -0.4 is 5.32 Å². The quantitative estimate of drug-likeness (QED) is 0.853. The summed E-state index contributed by atoms with van der Waals surface area (Å²) in [6.45, 7) is 7.88. The summed E-state index contributed by atoms with van der Waals surface area (Å²) in [7, 11) is 0. The molecular weight excluding hydrogens is 228 g/mol. The van der Waals surface area contributed by atoms with Gasteiger partial charge in [-0.1, -0.05) is 6.92 Å². The molecule has 5 heteroatoms. The fourth-order valence-corrected chi connectivity index (χ4v) is 1.85. The minimum atomic E-state index is 0.101. The van der Waals surface area contributed by atoms with E-state index in [0.29, 0.717) is 0 Å². The lowest BCUT2D eigenvalue weighted by Crippen LogP contribution is -2.20. The second-order valence-corrected chi connectivity index (χ2v) is 4.49. The number of nitrogens with one attached hydrogen (secondary N) is 1. The SMILES string of the molecule is CCCn1cncc1CNC(C)c1ncc(C)o1. The zero-order valence-corrected chi connectivity index (χ0v) is 11.2. The second kappa shape index (κ2) is 5.82. The molecule has 0 aliphatic heterocycles. The molecule has 0 aliphatic rings. The third-order valence-electron chi connectivity index (χ3n) is 2.86. The van der Waals surface area contributed by atoms with Crippen LogP contribution in [0.25, 0.3) is 0 Å². The van der Waals surface area contributed by atoms with Crippen molar-refractivity contribution in [2.75, 3.05) is 0 Å². The van der Waals surface area contributed by atoms with Crippen molar-refractivity contribution in [1.82, 2.24) is 19.9 Å². The number of imidazole rings is 1. The average Bonchev–Trinajstić information content (AvgIpc) is 2.96. The molecule has 5 nitrogen and oxygen atoms in total. The topological polar surface area (TPSA) is 55.9 Å². The third kappa shape index (κ3) is 2.98. The van der Waals surface area contributed by atoms with Gasteiger partial charge in [0.1, 0.15) is 5.76 Å². The van der Waals surface area contributed by atoms with Crippen molar-refractivity contribution < 1.29 is 4.42 Å². The summed E-state index contributed by atoms with van der Waals surface area (Å²) in [5.74, 6) is 1.57. The Morgan fingerprint density at radius 3 is 2.94 bits per heavy atom. The van der Waals surface area contributed by atoms with Gasteiger partial charge in [-0.25, -0.2) is 9.97 Å². The van der Waals surface area contributed by atoms with E-state index in [1.165, 1.54) is 5.69 Å². The van der Waals surface area contributed by atoms with E-state index in [1.54, 1.807) is 6.20 Å². The van der Waals surface area contributed by atoms with E-state index < -0.39 is 0 Å². The number of hydrogen-bond donors (Lipinski definition) is 1. The van der Waals surface area contributed by atoms with Gasteiger partial charge in [-0.15, -0.1) is 0 Å². The Bertz CT molecular complexity index is 489. The van der Waals surface area contributed by atoms with E-state index in [2.05, 4.69) is 26.8 Å². The fraction of sp³-hybridized carbons (Fsp3) is 0.538. The van der Waals surface area contributed by atoms with Crippen molar-refractivity contribution in [2.45, 2.75) is 46.3 Å². The standard InChI is InChI=1S/C13H20N4O/c1-4-5-17-9-14-7-12(17)8-15-11(3)13-16-6-10(2)18-13/h6-7,9,11,15H,4-5,8H2,1-3H3. The van der Waals surface area contributed by atoms with Gasteiger partial charge in [0.15, 0.2) is 0 Å². The number of aromatic nitrogens is 3. The summed E-state index contributed by atoms with van der Waals surface area (Å²) in [6, 6.07) is 0.101. The predicted molar refractivity (Wildman–Crippen MR) is 69.0 cm³/mol. The molecule has 0 saturated heterocycles. The molecule has 18 heavy (non-hydrogen) atoms. The van der Waals surface area contributed by atoms with E-state index >= 15 is 0 Å². The van der Waals surface area contributed by atoms with Crippen LogP contribution in [0.3, 0.4) is 0 Å². The molecule has 1 atom stereocenters. The van der Waals surface area contributed by atoms with E-state index in [0.717, 1.165) is 31.2 Å². The van der Waals surface area contributed by atoms with Crippen LogP contribution in [0.4, 0.5) is 0 Å². The molecule has 2 heterocycles. The summed E-state index contributed by atoms with van der Waals surface area (Å²) >= 11 is 0. The summed E-state index contributed by atoms with van der Waals surface area (Å²) in [5.41, 5.74) is 1.19. The van der Waals surface area contributed by atoms with Crippen molar-refractivity contribution in [1.29, 1.82) is 0 Å². The van der Waals surface area contributed by atoms with Crippen molar-refractivity contribution in [3.63, 3.8) is 0 Å². The highest BCUT2D eigenvalue weighted by atomic mass is 16.4. The molecule has 0 saturated carbocycles.